The van der Waals surface area contributed by atoms with Gasteiger partial charge in [0, 0.05) is 32.4 Å². The molecule has 5 rings (SSSR count). The summed E-state index contributed by atoms with van der Waals surface area (Å²) in [6.45, 7) is -0.269. The highest BCUT2D eigenvalue weighted by Crippen LogP contribution is 2.39. The molecule has 1 N–H and O–H groups in total. The zero-order chi connectivity index (χ0) is 36.5. The maximum atomic E-state index is 15.0. The van der Waals surface area contributed by atoms with E-state index >= 15 is 4.39 Å². The first-order chi connectivity index (χ1) is 23.5. The van der Waals surface area contributed by atoms with E-state index in [-0.39, 0.29) is 44.3 Å². The number of pyridine rings is 1. The maximum Gasteiger partial charge on any atom is 0.423 e. The number of halogens is 7. The van der Waals surface area contributed by atoms with E-state index < -0.39 is 71.4 Å². The first kappa shape index (κ1) is 36.3. The number of hydrogen-bond acceptors (Lipinski definition) is 9. The lowest BCUT2D eigenvalue weighted by molar-refractivity contribution is -0.141. The number of carbonyl (C=O) groups is 2. The van der Waals surface area contributed by atoms with Gasteiger partial charge in [-0.05, 0) is 30.7 Å². The molecule has 1 unspecified atom stereocenters. The smallest absolute Gasteiger partial charge is 0.423 e. The molecular formula is C31H32F7N7O5. The number of anilines is 3. The number of amides is 2. The lowest BCUT2D eigenvalue weighted by atomic mass is 10.0. The van der Waals surface area contributed by atoms with Crippen LogP contribution in [-0.2, 0) is 33.2 Å². The Bertz CT molecular complexity index is 1790. The second kappa shape index (κ2) is 14.1. The summed E-state index contributed by atoms with van der Waals surface area (Å²) in [5.41, 5.74) is -4.04. The number of methoxy groups -OCH3 is 1. The highest BCUT2D eigenvalue weighted by molar-refractivity contribution is 6.05. The summed E-state index contributed by atoms with van der Waals surface area (Å²) in [7, 11) is 2.74. The van der Waals surface area contributed by atoms with E-state index in [4.69, 9.17) is 9.47 Å². The van der Waals surface area contributed by atoms with E-state index in [0.29, 0.717) is 22.2 Å². The van der Waals surface area contributed by atoms with Crippen molar-refractivity contribution < 1.29 is 49.8 Å². The highest BCUT2D eigenvalue weighted by atomic mass is 19.4. The molecule has 50 heavy (non-hydrogen) atoms. The Kier molecular flexibility index (Phi) is 10.3. The fourth-order valence-electron chi connectivity index (χ4n) is 5.67. The fourth-order valence-corrected chi connectivity index (χ4v) is 5.67. The van der Waals surface area contributed by atoms with Crippen LogP contribution in [0, 0.1) is 0 Å². The van der Waals surface area contributed by atoms with E-state index in [1.54, 1.807) is 24.3 Å². The molecule has 2 aliphatic rings. The fraction of sp³-hybridized carbons (Fsp3) is 0.452. The number of nitrogens with one attached hydrogen (secondary N) is 1. The minimum atomic E-state index is -5.04. The van der Waals surface area contributed by atoms with Crippen LogP contribution in [0.5, 0.6) is 5.75 Å². The molecule has 2 aliphatic heterocycles. The number of alkyl halides is 7. The maximum absolute atomic E-state index is 15.0. The SMILES string of the molecule is COc1ccc(Cn2ncc(N[C@@H](C)COCC(F)C(=O)N3CCN4c5ncc(C(F)(F)F)cc5N(C)C(=O)[C@@H]4C3)c(C(F)(F)F)c2=O)cc1. The van der Waals surface area contributed by atoms with Crippen LogP contribution in [0.15, 0.2) is 47.5 Å². The number of fused-ring (bicyclic) bond motifs is 3. The topological polar surface area (TPSA) is 122 Å². The third-order valence-electron chi connectivity index (χ3n) is 8.24. The molecule has 3 aromatic rings. The molecule has 270 valence electrons. The molecule has 1 saturated heterocycles. The zero-order valence-corrected chi connectivity index (χ0v) is 26.9. The molecule has 12 nitrogen and oxygen atoms in total. The molecule has 1 fully saturated rings. The molecule has 0 bridgehead atoms. The van der Waals surface area contributed by atoms with Gasteiger partial charge >= 0.3 is 12.4 Å². The van der Waals surface area contributed by atoms with Crippen molar-refractivity contribution in [1.29, 1.82) is 0 Å². The van der Waals surface area contributed by atoms with Gasteiger partial charge < -0.3 is 29.5 Å². The molecular weight excluding hydrogens is 683 g/mol. The Morgan fingerprint density at radius 2 is 1.74 bits per heavy atom. The number of nitrogens with zero attached hydrogens (tertiary/aromatic N) is 6. The molecule has 4 heterocycles. The van der Waals surface area contributed by atoms with Crippen molar-refractivity contribution in [3.8, 4) is 5.75 Å². The molecule has 1 aromatic carbocycles. The van der Waals surface area contributed by atoms with Gasteiger partial charge in [-0.25, -0.2) is 14.1 Å². The predicted molar refractivity (Wildman–Crippen MR) is 165 cm³/mol. The van der Waals surface area contributed by atoms with Crippen LogP contribution >= 0.6 is 0 Å². The molecule has 2 amide bonds. The number of piperazine rings is 1. The normalized spacial score (nSPS) is 17.6. The quantitative estimate of drug-likeness (QED) is 0.314. The summed E-state index contributed by atoms with van der Waals surface area (Å²) in [6.07, 6.45) is -10.4. The van der Waals surface area contributed by atoms with Crippen molar-refractivity contribution in [3.05, 3.63) is 69.8 Å². The van der Waals surface area contributed by atoms with Crippen molar-refractivity contribution in [2.24, 2.45) is 0 Å². The molecule has 0 saturated carbocycles. The van der Waals surface area contributed by atoms with E-state index in [0.717, 1.165) is 22.1 Å². The number of benzene rings is 1. The molecule has 0 spiro atoms. The van der Waals surface area contributed by atoms with Gasteiger partial charge in [0.05, 0.1) is 56.5 Å². The summed E-state index contributed by atoms with van der Waals surface area (Å²) in [5, 5.41) is 6.39. The lowest BCUT2D eigenvalue weighted by Gasteiger charge is -2.46. The standard InChI is InChI=1S/C31H32F7N7O5/c1-17(41-22-12-40-45(29(48)25(22)31(36,37)38)13-18-4-6-20(49-3)7-5-18)15-50-16-21(32)27(46)43-8-9-44-24(14-43)28(47)42(2)23-10-19(30(33,34)35)11-39-26(23)44/h4-7,10-12,17,21,24,41H,8-9,13-16H2,1-3H3/t17-,21?,24-/m0/s1. The third-order valence-corrected chi connectivity index (χ3v) is 8.24. The minimum absolute atomic E-state index is 0.00959. The van der Waals surface area contributed by atoms with E-state index in [1.165, 1.54) is 26.0 Å². The van der Waals surface area contributed by atoms with Crippen LogP contribution in [0.2, 0.25) is 0 Å². The Morgan fingerprint density at radius 3 is 2.38 bits per heavy atom. The van der Waals surface area contributed by atoms with Crippen LogP contribution in [0.1, 0.15) is 23.6 Å². The van der Waals surface area contributed by atoms with E-state index in [9.17, 15) is 40.7 Å². The van der Waals surface area contributed by atoms with Gasteiger partial charge in [0.2, 0.25) is 6.17 Å². The number of hydrogen-bond donors (Lipinski definition) is 1. The molecule has 19 heteroatoms. The second-order valence-electron chi connectivity index (χ2n) is 11.7. The summed E-state index contributed by atoms with van der Waals surface area (Å²) < 4.78 is 108. The monoisotopic (exact) mass is 715 g/mol. The zero-order valence-electron chi connectivity index (χ0n) is 26.9. The van der Waals surface area contributed by atoms with Gasteiger partial charge in [-0.1, -0.05) is 12.1 Å². The highest BCUT2D eigenvalue weighted by Gasteiger charge is 2.44. The average Bonchev–Trinajstić information content (AvgIpc) is 3.06. The number of aromatic nitrogens is 3. The minimum Gasteiger partial charge on any atom is -0.497 e. The van der Waals surface area contributed by atoms with Gasteiger partial charge in [-0.15, -0.1) is 0 Å². The number of rotatable bonds is 10. The van der Waals surface area contributed by atoms with E-state index in [2.05, 4.69) is 15.4 Å². The van der Waals surface area contributed by atoms with Crippen molar-refractivity contribution in [2.45, 2.75) is 44.1 Å². The van der Waals surface area contributed by atoms with Crippen LogP contribution in [0.25, 0.3) is 0 Å². The van der Waals surface area contributed by atoms with Gasteiger partial charge in [-0.3, -0.25) is 14.4 Å². The summed E-state index contributed by atoms with van der Waals surface area (Å²) in [4.78, 5) is 46.3. The van der Waals surface area contributed by atoms with Crippen molar-refractivity contribution in [2.75, 3.05) is 62.1 Å². The first-order valence-electron chi connectivity index (χ1n) is 15.2. The van der Waals surface area contributed by atoms with Crippen LogP contribution < -0.4 is 25.4 Å². The Labute approximate surface area is 280 Å². The first-order valence-corrected chi connectivity index (χ1v) is 15.2. The number of likely N-dealkylation sites (N-methyl/N-ethyl adjacent to an activating group) is 1. The predicted octanol–water partition coefficient (Wildman–Crippen LogP) is 3.58. The summed E-state index contributed by atoms with van der Waals surface area (Å²) in [6, 6.07) is 5.25. The number of ether oxygens (including phenoxy) is 2. The van der Waals surface area contributed by atoms with Crippen molar-refractivity contribution in [1.82, 2.24) is 19.7 Å². The van der Waals surface area contributed by atoms with Gasteiger partial charge in [0.15, 0.2) is 5.82 Å². The number of carbonyl (C=O) groups excluding carboxylic acids is 2. The third kappa shape index (κ3) is 7.61. The molecule has 0 aliphatic carbocycles. The largest absolute Gasteiger partial charge is 0.497 e. The van der Waals surface area contributed by atoms with Gasteiger partial charge in [0.25, 0.3) is 17.4 Å². The second-order valence-corrected chi connectivity index (χ2v) is 11.7. The lowest BCUT2D eigenvalue weighted by Crippen LogP contribution is -2.64. The van der Waals surface area contributed by atoms with E-state index in [1.807, 2.05) is 0 Å². The van der Waals surface area contributed by atoms with Crippen LogP contribution in [0.4, 0.5) is 47.9 Å². The average molecular weight is 716 g/mol. The Hall–Kier alpha value is -4.94. The Morgan fingerprint density at radius 1 is 1.04 bits per heavy atom. The van der Waals surface area contributed by atoms with Crippen LogP contribution in [-0.4, -0.2) is 96.7 Å². The molecule has 3 atom stereocenters. The van der Waals surface area contributed by atoms with Crippen molar-refractivity contribution >= 4 is 29.0 Å². The van der Waals surface area contributed by atoms with Gasteiger partial charge in [-0.2, -0.15) is 31.4 Å². The summed E-state index contributed by atoms with van der Waals surface area (Å²) in [5.74, 6) is -0.965. The van der Waals surface area contributed by atoms with Crippen LogP contribution in [0.3, 0.4) is 0 Å². The van der Waals surface area contributed by atoms with Gasteiger partial charge in [0.1, 0.15) is 17.4 Å². The Balaban J connectivity index is 1.17. The molecule has 0 radical (unpaired) electrons. The van der Waals surface area contributed by atoms with Crippen molar-refractivity contribution in [3.63, 3.8) is 0 Å². The summed E-state index contributed by atoms with van der Waals surface area (Å²) >= 11 is 0. The molecule has 2 aromatic heterocycles.